The van der Waals surface area contributed by atoms with E-state index in [2.05, 4.69) is 35.1 Å². The van der Waals surface area contributed by atoms with Crippen molar-refractivity contribution in [3.8, 4) is 0 Å². The zero-order chi connectivity index (χ0) is 34.5. The number of carbonyl (C=O) groups excluding carboxylic acids is 5. The largest absolute Gasteiger partial charge is 0.347 e. The standard InChI is InChI=1S/C34H55N5O7S/c1-7-8-12-22(26(40)29(42)35-20-13-14-20)36-28(41)25-24-21(33(24,5)6)19-39(25)30(43)27(32(2,3)4)37-31(44)38-34(16-10-9-11-17-34)23-15-18-47(23,45)46/h20-25,27H,7-19H2,1-6H3,(H,35,42)(H,36,41)(H2,37,38,44)/t21-,22-,23-,24-,25-,27+/m0/s1. The third-order valence-corrected chi connectivity index (χ3v) is 13.9. The molecular formula is C34H55N5O7S. The average molecular weight is 678 g/mol. The summed E-state index contributed by atoms with van der Waals surface area (Å²) in [5, 5.41) is 10.9. The van der Waals surface area contributed by atoms with Crippen molar-refractivity contribution in [2.75, 3.05) is 12.3 Å². The van der Waals surface area contributed by atoms with E-state index in [-0.39, 0.29) is 29.0 Å². The molecule has 5 amide bonds. The lowest BCUT2D eigenvalue weighted by Gasteiger charge is -2.47. The maximum Gasteiger partial charge on any atom is 0.315 e. The molecule has 47 heavy (non-hydrogen) atoms. The molecule has 0 radical (unpaired) electrons. The van der Waals surface area contributed by atoms with Gasteiger partial charge in [0.15, 0.2) is 9.84 Å². The number of unbranched alkanes of at least 4 members (excludes halogenated alkanes) is 1. The van der Waals surface area contributed by atoms with Gasteiger partial charge >= 0.3 is 6.03 Å². The maximum absolute atomic E-state index is 14.4. The number of sulfone groups is 1. The molecule has 3 saturated carbocycles. The number of hydrogen-bond acceptors (Lipinski definition) is 7. The highest BCUT2D eigenvalue weighted by Gasteiger charge is 2.70. The van der Waals surface area contributed by atoms with Gasteiger partial charge in [-0.3, -0.25) is 19.2 Å². The lowest BCUT2D eigenvalue weighted by atomic mass is 9.78. The Balaban J connectivity index is 1.33. The van der Waals surface area contributed by atoms with Crippen LogP contribution in [-0.4, -0.2) is 90.1 Å². The van der Waals surface area contributed by atoms with Crippen molar-refractivity contribution in [1.29, 1.82) is 0 Å². The van der Waals surface area contributed by atoms with E-state index in [1.165, 1.54) is 0 Å². The number of nitrogens with one attached hydrogen (secondary N) is 4. The fourth-order valence-electron chi connectivity index (χ4n) is 8.36. The van der Waals surface area contributed by atoms with E-state index in [0.717, 1.165) is 38.5 Å². The molecule has 13 heteroatoms. The van der Waals surface area contributed by atoms with Crippen molar-refractivity contribution in [3.63, 3.8) is 0 Å². The van der Waals surface area contributed by atoms with Gasteiger partial charge in [-0.15, -0.1) is 0 Å². The van der Waals surface area contributed by atoms with E-state index >= 15 is 0 Å². The second-order valence-corrected chi connectivity index (χ2v) is 18.8. The summed E-state index contributed by atoms with van der Waals surface area (Å²) in [4.78, 5) is 69.5. The molecule has 5 aliphatic rings. The molecule has 5 rings (SSSR count). The topological polar surface area (TPSA) is 171 Å². The number of Topliss-reactive ketones (excluding diaryl/α,β-unsaturated/α-hetero) is 1. The Morgan fingerprint density at radius 2 is 1.62 bits per heavy atom. The molecule has 0 bridgehead atoms. The molecule has 0 aromatic carbocycles. The van der Waals surface area contributed by atoms with Crippen LogP contribution in [-0.2, 0) is 29.0 Å². The first kappa shape index (κ1) is 35.6. The number of amides is 5. The molecule has 2 heterocycles. The van der Waals surface area contributed by atoms with Gasteiger partial charge in [0, 0.05) is 12.6 Å². The van der Waals surface area contributed by atoms with Crippen molar-refractivity contribution in [2.24, 2.45) is 22.7 Å². The molecule has 2 saturated heterocycles. The van der Waals surface area contributed by atoms with Gasteiger partial charge in [0.2, 0.25) is 17.6 Å². The number of urea groups is 1. The Bertz CT molecular complexity index is 1380. The summed E-state index contributed by atoms with van der Waals surface area (Å²) in [6, 6.07) is -3.42. The van der Waals surface area contributed by atoms with Crippen LogP contribution in [0.5, 0.6) is 0 Å². The number of fused-ring (bicyclic) bond motifs is 1. The number of hydrogen-bond donors (Lipinski definition) is 4. The molecule has 4 N–H and O–H groups in total. The van der Waals surface area contributed by atoms with Crippen molar-refractivity contribution >= 4 is 39.4 Å². The van der Waals surface area contributed by atoms with Crippen LogP contribution >= 0.6 is 0 Å². The lowest BCUT2D eigenvalue weighted by Crippen LogP contribution is -2.67. The fourth-order valence-corrected chi connectivity index (χ4v) is 10.2. The quantitative estimate of drug-likeness (QED) is 0.230. The van der Waals surface area contributed by atoms with E-state index in [1.807, 2.05) is 27.7 Å². The Kier molecular flexibility index (Phi) is 9.82. The van der Waals surface area contributed by atoms with Gasteiger partial charge in [0.1, 0.15) is 12.1 Å². The first-order valence-corrected chi connectivity index (χ1v) is 19.4. The van der Waals surface area contributed by atoms with E-state index < -0.39 is 73.7 Å². The third-order valence-electron chi connectivity index (χ3n) is 11.6. The molecule has 0 spiro atoms. The van der Waals surface area contributed by atoms with Crippen LogP contribution in [0.15, 0.2) is 0 Å². The van der Waals surface area contributed by atoms with E-state index in [9.17, 15) is 32.4 Å². The smallest absolute Gasteiger partial charge is 0.315 e. The SMILES string of the molecule is CCCC[C@H](NC(=O)[C@@H]1[C@@H]2[C@H](CN1C(=O)[C@@H](NC(=O)NC1([C@@H]3CCS3(=O)=O)CCCCC1)C(C)(C)C)C2(C)C)C(=O)C(=O)NC1CC1. The number of rotatable bonds is 12. The molecular weight excluding hydrogens is 622 g/mol. The van der Waals surface area contributed by atoms with Gasteiger partial charge in [-0.1, -0.05) is 73.6 Å². The van der Waals surface area contributed by atoms with Gasteiger partial charge < -0.3 is 26.2 Å². The lowest BCUT2D eigenvalue weighted by molar-refractivity contribution is -0.145. The van der Waals surface area contributed by atoms with Gasteiger partial charge in [0.05, 0.1) is 22.6 Å². The summed E-state index contributed by atoms with van der Waals surface area (Å²) in [5.41, 5.74) is -1.78. The summed E-state index contributed by atoms with van der Waals surface area (Å²) in [7, 11) is -3.28. The third kappa shape index (κ3) is 7.20. The monoisotopic (exact) mass is 677 g/mol. The summed E-state index contributed by atoms with van der Waals surface area (Å²) < 4.78 is 25.4. The Labute approximate surface area is 279 Å². The van der Waals surface area contributed by atoms with Crippen LogP contribution in [0.3, 0.4) is 0 Å². The minimum Gasteiger partial charge on any atom is -0.347 e. The molecule has 2 aliphatic heterocycles. The van der Waals surface area contributed by atoms with Crippen LogP contribution in [0.4, 0.5) is 4.79 Å². The van der Waals surface area contributed by atoms with Crippen molar-refractivity contribution < 1.29 is 32.4 Å². The minimum absolute atomic E-state index is 0.00934. The van der Waals surface area contributed by atoms with Gasteiger partial charge in [-0.2, -0.15) is 0 Å². The van der Waals surface area contributed by atoms with Crippen LogP contribution < -0.4 is 21.3 Å². The summed E-state index contributed by atoms with van der Waals surface area (Å²) in [6.07, 6.45) is 7.70. The molecule has 0 unspecified atom stereocenters. The first-order chi connectivity index (χ1) is 21.9. The molecule has 0 aromatic rings. The van der Waals surface area contributed by atoms with Gasteiger partial charge in [-0.05, 0) is 61.2 Å². The van der Waals surface area contributed by atoms with Crippen LogP contribution in [0.2, 0.25) is 0 Å². The van der Waals surface area contributed by atoms with E-state index in [4.69, 9.17) is 0 Å². The highest BCUT2D eigenvalue weighted by molar-refractivity contribution is 7.93. The average Bonchev–Trinajstić information content (AvgIpc) is 3.83. The van der Waals surface area contributed by atoms with Gasteiger partial charge in [-0.25, -0.2) is 13.2 Å². The number of nitrogens with zero attached hydrogens (tertiary/aromatic N) is 1. The highest BCUT2D eigenvalue weighted by Crippen LogP contribution is 2.65. The molecule has 264 valence electrons. The fraction of sp³-hybridized carbons (Fsp3) is 0.853. The van der Waals surface area contributed by atoms with Crippen molar-refractivity contribution in [3.05, 3.63) is 0 Å². The zero-order valence-electron chi connectivity index (χ0n) is 28.9. The number of likely N-dealkylation sites (tertiary alicyclic amines) is 1. The number of piperidine rings is 1. The van der Waals surface area contributed by atoms with E-state index in [0.29, 0.717) is 38.6 Å². The van der Waals surface area contributed by atoms with Gasteiger partial charge in [0.25, 0.3) is 5.91 Å². The molecule has 3 aliphatic carbocycles. The van der Waals surface area contributed by atoms with E-state index in [1.54, 1.807) is 4.90 Å². The predicted octanol–water partition coefficient (Wildman–Crippen LogP) is 2.60. The van der Waals surface area contributed by atoms with Crippen LogP contribution in [0, 0.1) is 22.7 Å². The van der Waals surface area contributed by atoms with Crippen LogP contribution in [0.1, 0.15) is 112 Å². The first-order valence-electron chi connectivity index (χ1n) is 17.7. The Morgan fingerprint density at radius 1 is 0.957 bits per heavy atom. The minimum atomic E-state index is -3.28. The normalized spacial score (nSPS) is 29.7. The Morgan fingerprint density at radius 3 is 2.15 bits per heavy atom. The number of carbonyl (C=O) groups is 5. The second kappa shape index (κ2) is 13.0. The predicted molar refractivity (Wildman–Crippen MR) is 177 cm³/mol. The summed E-state index contributed by atoms with van der Waals surface area (Å²) in [6.45, 7) is 12.0. The van der Waals surface area contributed by atoms with Crippen LogP contribution in [0.25, 0.3) is 0 Å². The molecule has 5 fully saturated rings. The zero-order valence-corrected chi connectivity index (χ0v) is 29.8. The summed E-state index contributed by atoms with van der Waals surface area (Å²) >= 11 is 0. The molecule has 6 atom stereocenters. The van der Waals surface area contributed by atoms with Crippen molar-refractivity contribution in [1.82, 2.24) is 26.2 Å². The highest BCUT2D eigenvalue weighted by atomic mass is 32.2. The second-order valence-electron chi connectivity index (χ2n) is 16.5. The van der Waals surface area contributed by atoms with Crippen molar-refractivity contribution in [2.45, 2.75) is 147 Å². The maximum atomic E-state index is 14.4. The molecule has 0 aromatic heterocycles. The summed E-state index contributed by atoms with van der Waals surface area (Å²) in [5.74, 6) is -2.14. The molecule has 12 nitrogen and oxygen atoms in total. The number of ketones is 1. The Hall–Kier alpha value is -2.70.